The molecule has 0 heterocycles. The van der Waals surface area contributed by atoms with Crippen molar-refractivity contribution in [2.75, 3.05) is 6.54 Å². The number of urea groups is 1. The minimum absolute atomic E-state index is 0.0287. The van der Waals surface area contributed by atoms with Gasteiger partial charge in [0.25, 0.3) is 0 Å². The van der Waals surface area contributed by atoms with Crippen molar-refractivity contribution >= 4 is 17.9 Å². The van der Waals surface area contributed by atoms with Crippen molar-refractivity contribution in [1.82, 2.24) is 10.2 Å². The molecular weight excluding hydrogens is 272 g/mol. The molecule has 114 valence electrons. The molecular formula is C15H20N2O4. The number of amides is 3. The lowest BCUT2D eigenvalue weighted by Gasteiger charge is -2.21. The maximum absolute atomic E-state index is 12.0. The molecule has 1 rings (SSSR count). The van der Waals surface area contributed by atoms with E-state index in [2.05, 4.69) is 5.32 Å². The first-order valence-electron chi connectivity index (χ1n) is 6.87. The Morgan fingerprint density at radius 3 is 2.38 bits per heavy atom. The van der Waals surface area contributed by atoms with Gasteiger partial charge in [-0.15, -0.1) is 0 Å². The number of carbonyl (C=O) groups is 3. The van der Waals surface area contributed by atoms with E-state index in [9.17, 15) is 14.4 Å². The van der Waals surface area contributed by atoms with Crippen LogP contribution in [0.1, 0.15) is 31.7 Å². The van der Waals surface area contributed by atoms with Crippen LogP contribution in [0.15, 0.2) is 30.3 Å². The molecule has 0 radical (unpaired) electrons. The van der Waals surface area contributed by atoms with Crippen LogP contribution in [-0.4, -0.2) is 34.5 Å². The van der Waals surface area contributed by atoms with Gasteiger partial charge in [0.2, 0.25) is 5.91 Å². The molecule has 6 heteroatoms. The molecule has 0 bridgehead atoms. The van der Waals surface area contributed by atoms with E-state index in [0.717, 1.165) is 5.56 Å². The second kappa shape index (κ2) is 8.73. The Balaban J connectivity index is 2.44. The summed E-state index contributed by atoms with van der Waals surface area (Å²) < 4.78 is 0. The normalized spacial score (nSPS) is 9.95. The van der Waals surface area contributed by atoms with E-state index in [0.29, 0.717) is 13.1 Å². The molecule has 0 unspecified atom stereocenters. The first-order valence-corrected chi connectivity index (χ1v) is 6.87. The number of nitrogens with one attached hydrogen (secondary N) is 1. The van der Waals surface area contributed by atoms with Gasteiger partial charge in [-0.25, -0.2) is 4.79 Å². The number of rotatable bonds is 7. The molecule has 0 aliphatic carbocycles. The maximum Gasteiger partial charge on any atom is 0.324 e. The van der Waals surface area contributed by atoms with E-state index in [1.807, 2.05) is 37.3 Å². The summed E-state index contributed by atoms with van der Waals surface area (Å²) in [5.74, 6) is -1.40. The van der Waals surface area contributed by atoms with Gasteiger partial charge in [-0.05, 0) is 18.9 Å². The zero-order valence-electron chi connectivity index (χ0n) is 12.0. The highest BCUT2D eigenvalue weighted by Crippen LogP contribution is 2.04. The average Bonchev–Trinajstić information content (AvgIpc) is 2.45. The fourth-order valence-electron chi connectivity index (χ4n) is 1.79. The highest BCUT2D eigenvalue weighted by atomic mass is 16.4. The molecule has 0 saturated heterocycles. The number of carbonyl (C=O) groups excluding carboxylic acids is 2. The van der Waals surface area contributed by atoms with Crippen LogP contribution in [0.25, 0.3) is 0 Å². The highest BCUT2D eigenvalue weighted by molar-refractivity contribution is 5.94. The quantitative estimate of drug-likeness (QED) is 0.804. The fourth-order valence-corrected chi connectivity index (χ4v) is 1.79. The summed E-state index contributed by atoms with van der Waals surface area (Å²) in [4.78, 5) is 35.4. The van der Waals surface area contributed by atoms with Gasteiger partial charge in [0.05, 0.1) is 0 Å². The first-order chi connectivity index (χ1) is 10.0. The Bertz CT molecular complexity index is 488. The third kappa shape index (κ3) is 6.56. The van der Waals surface area contributed by atoms with Gasteiger partial charge in [0, 0.05) is 25.9 Å². The van der Waals surface area contributed by atoms with Crippen molar-refractivity contribution in [2.45, 2.75) is 32.7 Å². The van der Waals surface area contributed by atoms with Crippen molar-refractivity contribution in [3.63, 3.8) is 0 Å². The third-order valence-electron chi connectivity index (χ3n) is 2.93. The summed E-state index contributed by atoms with van der Waals surface area (Å²) in [6.45, 7) is 2.73. The summed E-state index contributed by atoms with van der Waals surface area (Å²) in [7, 11) is 0. The Morgan fingerprint density at radius 1 is 1.14 bits per heavy atom. The molecule has 21 heavy (non-hydrogen) atoms. The van der Waals surface area contributed by atoms with E-state index >= 15 is 0 Å². The van der Waals surface area contributed by atoms with Crippen molar-refractivity contribution in [1.29, 1.82) is 0 Å². The summed E-state index contributed by atoms with van der Waals surface area (Å²) in [6, 6.07) is 9.03. The van der Waals surface area contributed by atoms with Crippen LogP contribution >= 0.6 is 0 Å². The molecule has 2 N–H and O–H groups in total. The van der Waals surface area contributed by atoms with Crippen LogP contribution in [0, 0.1) is 0 Å². The molecule has 0 spiro atoms. The molecule has 0 fully saturated rings. The van der Waals surface area contributed by atoms with Gasteiger partial charge in [0.15, 0.2) is 0 Å². The van der Waals surface area contributed by atoms with E-state index in [4.69, 9.17) is 5.11 Å². The predicted molar refractivity (Wildman–Crippen MR) is 77.6 cm³/mol. The number of carboxylic acids is 1. The molecule has 1 aromatic rings. The Morgan fingerprint density at radius 2 is 1.81 bits per heavy atom. The topological polar surface area (TPSA) is 86.7 Å². The molecule has 0 aliphatic heterocycles. The minimum atomic E-state index is -0.951. The number of nitrogens with zero attached hydrogens (tertiary/aromatic N) is 1. The molecule has 6 nitrogen and oxygen atoms in total. The Labute approximate surface area is 123 Å². The zero-order valence-corrected chi connectivity index (χ0v) is 12.0. The number of imide groups is 1. The van der Waals surface area contributed by atoms with Gasteiger partial charge < -0.3 is 10.0 Å². The van der Waals surface area contributed by atoms with Crippen LogP contribution in [0.3, 0.4) is 0 Å². The monoisotopic (exact) mass is 292 g/mol. The highest BCUT2D eigenvalue weighted by Gasteiger charge is 2.15. The Kier molecular flexibility index (Phi) is 6.94. The largest absolute Gasteiger partial charge is 0.481 e. The fraction of sp³-hybridized carbons (Fsp3) is 0.400. The van der Waals surface area contributed by atoms with Crippen molar-refractivity contribution in [3.05, 3.63) is 35.9 Å². The van der Waals surface area contributed by atoms with Crippen LogP contribution in [0.2, 0.25) is 0 Å². The van der Waals surface area contributed by atoms with Crippen molar-refractivity contribution in [3.8, 4) is 0 Å². The number of aliphatic carboxylic acids is 1. The molecule has 1 aromatic carbocycles. The number of benzene rings is 1. The Hall–Kier alpha value is -2.37. The van der Waals surface area contributed by atoms with E-state index in [1.165, 1.54) is 4.90 Å². The summed E-state index contributed by atoms with van der Waals surface area (Å²) in [5.41, 5.74) is 0.979. The molecule has 0 aliphatic rings. The summed E-state index contributed by atoms with van der Waals surface area (Å²) in [6.07, 6.45) is 0.170. The standard InChI is InChI=1S/C15H20N2O4/c1-2-17(11-12-7-4-3-5-8-12)15(21)16-13(18)9-6-10-14(19)20/h3-5,7-8H,2,6,9-11H2,1H3,(H,19,20)(H,16,18,21). The molecule has 3 amide bonds. The maximum atomic E-state index is 12.0. The van der Waals surface area contributed by atoms with Gasteiger partial charge in [-0.1, -0.05) is 30.3 Å². The van der Waals surface area contributed by atoms with Gasteiger partial charge in [0.1, 0.15) is 0 Å². The summed E-state index contributed by atoms with van der Waals surface area (Å²) in [5, 5.41) is 10.8. The zero-order chi connectivity index (χ0) is 15.7. The van der Waals surface area contributed by atoms with E-state index in [-0.39, 0.29) is 19.3 Å². The van der Waals surface area contributed by atoms with Crippen molar-refractivity contribution in [2.24, 2.45) is 0 Å². The van der Waals surface area contributed by atoms with Crippen LogP contribution in [0.5, 0.6) is 0 Å². The van der Waals surface area contributed by atoms with Crippen LogP contribution in [-0.2, 0) is 16.1 Å². The second-order valence-electron chi connectivity index (χ2n) is 4.60. The summed E-state index contributed by atoms with van der Waals surface area (Å²) >= 11 is 0. The van der Waals surface area contributed by atoms with Crippen LogP contribution in [0.4, 0.5) is 4.79 Å². The van der Waals surface area contributed by atoms with Crippen LogP contribution < -0.4 is 5.32 Å². The number of carboxylic acid groups (broad SMARTS) is 1. The van der Waals surface area contributed by atoms with E-state index in [1.54, 1.807) is 0 Å². The lowest BCUT2D eigenvalue weighted by Crippen LogP contribution is -2.42. The third-order valence-corrected chi connectivity index (χ3v) is 2.93. The lowest BCUT2D eigenvalue weighted by atomic mass is 10.2. The first kappa shape index (κ1) is 16.7. The average molecular weight is 292 g/mol. The minimum Gasteiger partial charge on any atom is -0.481 e. The van der Waals surface area contributed by atoms with Gasteiger partial charge in [-0.3, -0.25) is 14.9 Å². The predicted octanol–water partition coefficient (Wildman–Crippen LogP) is 2.00. The number of hydrogen-bond donors (Lipinski definition) is 2. The lowest BCUT2D eigenvalue weighted by molar-refractivity contribution is -0.137. The smallest absolute Gasteiger partial charge is 0.324 e. The number of hydrogen-bond acceptors (Lipinski definition) is 3. The molecule has 0 aromatic heterocycles. The van der Waals surface area contributed by atoms with E-state index < -0.39 is 17.9 Å². The molecule has 0 atom stereocenters. The second-order valence-corrected chi connectivity index (χ2v) is 4.60. The van der Waals surface area contributed by atoms with Gasteiger partial charge >= 0.3 is 12.0 Å². The molecule has 0 saturated carbocycles. The SMILES string of the molecule is CCN(Cc1ccccc1)C(=O)NC(=O)CCCC(=O)O. The van der Waals surface area contributed by atoms with Crippen molar-refractivity contribution < 1.29 is 19.5 Å². The van der Waals surface area contributed by atoms with Gasteiger partial charge in [-0.2, -0.15) is 0 Å².